The Kier molecular flexibility index (Phi) is 7.93. The zero-order valence-corrected chi connectivity index (χ0v) is 21.7. The molecular weight excluding hydrogens is 458 g/mol. The average molecular weight is 492 g/mol. The van der Waals surface area contributed by atoms with E-state index in [-0.39, 0.29) is 11.8 Å². The Morgan fingerprint density at radius 3 is 2.37 bits per heavy atom. The third kappa shape index (κ3) is 6.13. The van der Waals surface area contributed by atoms with Crippen LogP contribution in [-0.4, -0.2) is 69.6 Å². The summed E-state index contributed by atoms with van der Waals surface area (Å²) in [6.45, 7) is 11.1. The molecule has 0 spiro atoms. The van der Waals surface area contributed by atoms with Gasteiger partial charge in [0.05, 0.1) is 18.0 Å². The predicted octanol–water partition coefficient (Wildman–Crippen LogP) is 3.98. The van der Waals surface area contributed by atoms with Crippen molar-refractivity contribution in [2.45, 2.75) is 32.9 Å². The number of aryl methyl sites for hydroxylation is 4. The normalized spacial score (nSPS) is 14.2. The highest BCUT2D eigenvalue weighted by Gasteiger charge is 2.23. The predicted molar refractivity (Wildman–Crippen MR) is 141 cm³/mol. The van der Waals surface area contributed by atoms with Crippen molar-refractivity contribution in [3.05, 3.63) is 71.0 Å². The monoisotopic (exact) mass is 491 g/mol. The van der Waals surface area contributed by atoms with Crippen LogP contribution >= 0.6 is 11.8 Å². The van der Waals surface area contributed by atoms with E-state index in [4.69, 9.17) is 0 Å². The third-order valence-corrected chi connectivity index (χ3v) is 7.33. The van der Waals surface area contributed by atoms with Gasteiger partial charge in [0, 0.05) is 44.3 Å². The second kappa shape index (κ2) is 11.1. The quantitative estimate of drug-likeness (QED) is 0.506. The highest BCUT2D eigenvalue weighted by Crippen LogP contribution is 2.24. The number of imidazole rings is 1. The maximum Gasteiger partial charge on any atom is 0.238 e. The van der Waals surface area contributed by atoms with Gasteiger partial charge in [0.1, 0.15) is 0 Å². The Bertz CT molecular complexity index is 1190. The summed E-state index contributed by atoms with van der Waals surface area (Å²) in [7, 11) is 0. The van der Waals surface area contributed by atoms with Crippen LogP contribution in [0.3, 0.4) is 0 Å². The van der Waals surface area contributed by atoms with Gasteiger partial charge in [-0.3, -0.25) is 19.1 Å². The number of para-hydroxylation sites is 1. The molecule has 1 saturated heterocycles. The smallest absolute Gasteiger partial charge is 0.238 e. The summed E-state index contributed by atoms with van der Waals surface area (Å²) in [6.07, 6.45) is 3.71. The van der Waals surface area contributed by atoms with Crippen molar-refractivity contribution in [2.24, 2.45) is 0 Å². The molecule has 184 valence electrons. The summed E-state index contributed by atoms with van der Waals surface area (Å²) in [6, 6.07) is 12.3. The SMILES string of the molecule is Cc1ccc(-n2ccnc2SCC(=O)N2CCN(CC(=O)Nc3c(C)cccc3C)CC2)c(C)c1. The average Bonchev–Trinajstić information content (AvgIpc) is 3.29. The van der Waals surface area contributed by atoms with E-state index in [1.54, 1.807) is 6.20 Å². The summed E-state index contributed by atoms with van der Waals surface area (Å²) in [5.74, 6) is 0.426. The molecule has 1 aromatic heterocycles. The van der Waals surface area contributed by atoms with Gasteiger partial charge in [-0.1, -0.05) is 47.7 Å². The zero-order chi connectivity index (χ0) is 24.9. The fraction of sp³-hybridized carbons (Fsp3) is 0.370. The van der Waals surface area contributed by atoms with Crippen molar-refractivity contribution < 1.29 is 9.59 Å². The molecule has 4 rings (SSSR count). The van der Waals surface area contributed by atoms with Crippen LogP contribution in [0.2, 0.25) is 0 Å². The van der Waals surface area contributed by atoms with Gasteiger partial charge in [-0.25, -0.2) is 4.98 Å². The Labute approximate surface area is 211 Å². The number of rotatable bonds is 7. The molecule has 2 heterocycles. The Balaban J connectivity index is 1.26. The van der Waals surface area contributed by atoms with Gasteiger partial charge in [0.2, 0.25) is 11.8 Å². The van der Waals surface area contributed by atoms with Gasteiger partial charge < -0.3 is 10.2 Å². The first kappa shape index (κ1) is 25.0. The number of aromatic nitrogens is 2. The van der Waals surface area contributed by atoms with Crippen LogP contribution in [0.5, 0.6) is 0 Å². The fourth-order valence-corrected chi connectivity index (χ4v) is 5.29. The maximum atomic E-state index is 12.9. The second-order valence-corrected chi connectivity index (χ2v) is 10.1. The number of nitrogens with one attached hydrogen (secondary N) is 1. The molecule has 0 radical (unpaired) electrons. The lowest BCUT2D eigenvalue weighted by atomic mass is 10.1. The van der Waals surface area contributed by atoms with E-state index >= 15 is 0 Å². The second-order valence-electron chi connectivity index (χ2n) is 9.13. The van der Waals surface area contributed by atoms with Crippen LogP contribution in [0.15, 0.2) is 53.9 Å². The topological polar surface area (TPSA) is 70.5 Å². The third-order valence-electron chi connectivity index (χ3n) is 6.38. The van der Waals surface area contributed by atoms with Crippen molar-refractivity contribution in [1.82, 2.24) is 19.4 Å². The summed E-state index contributed by atoms with van der Waals surface area (Å²) < 4.78 is 2.04. The maximum absolute atomic E-state index is 12.9. The van der Waals surface area contributed by atoms with E-state index in [2.05, 4.69) is 47.2 Å². The van der Waals surface area contributed by atoms with Crippen LogP contribution in [-0.2, 0) is 9.59 Å². The molecule has 1 aliphatic heterocycles. The summed E-state index contributed by atoms with van der Waals surface area (Å²) in [5, 5.41) is 3.86. The Morgan fingerprint density at radius 2 is 1.69 bits per heavy atom. The minimum atomic E-state index is -0.0176. The molecule has 7 nitrogen and oxygen atoms in total. The van der Waals surface area contributed by atoms with Crippen molar-refractivity contribution in [3.63, 3.8) is 0 Å². The first-order valence-corrected chi connectivity index (χ1v) is 12.9. The first-order valence-electron chi connectivity index (χ1n) is 11.9. The van der Waals surface area contributed by atoms with Gasteiger partial charge in [-0.15, -0.1) is 0 Å². The van der Waals surface area contributed by atoms with E-state index in [0.29, 0.717) is 38.5 Å². The lowest BCUT2D eigenvalue weighted by Crippen LogP contribution is -2.51. The van der Waals surface area contributed by atoms with Crippen molar-refractivity contribution in [3.8, 4) is 5.69 Å². The first-order chi connectivity index (χ1) is 16.8. The highest BCUT2D eigenvalue weighted by atomic mass is 32.2. The summed E-state index contributed by atoms with van der Waals surface area (Å²) in [5.41, 5.74) is 6.49. The molecular formula is C27H33N5O2S. The van der Waals surface area contributed by atoms with Gasteiger partial charge >= 0.3 is 0 Å². The lowest BCUT2D eigenvalue weighted by Gasteiger charge is -2.34. The fourth-order valence-electron chi connectivity index (χ4n) is 4.42. The van der Waals surface area contributed by atoms with Crippen molar-refractivity contribution in [2.75, 3.05) is 43.8 Å². The summed E-state index contributed by atoms with van der Waals surface area (Å²) in [4.78, 5) is 33.9. The molecule has 2 amide bonds. The van der Waals surface area contributed by atoms with Crippen LogP contribution < -0.4 is 5.32 Å². The number of anilines is 1. The van der Waals surface area contributed by atoms with E-state index in [0.717, 1.165) is 27.7 Å². The van der Waals surface area contributed by atoms with Gasteiger partial charge in [0.15, 0.2) is 5.16 Å². The highest BCUT2D eigenvalue weighted by molar-refractivity contribution is 7.99. The Morgan fingerprint density at radius 1 is 0.971 bits per heavy atom. The van der Waals surface area contributed by atoms with Gasteiger partial charge in [0.25, 0.3) is 0 Å². The molecule has 1 aliphatic rings. The van der Waals surface area contributed by atoms with Crippen LogP contribution in [0.4, 0.5) is 5.69 Å². The molecule has 1 fully saturated rings. The van der Waals surface area contributed by atoms with E-state index in [1.807, 2.05) is 47.7 Å². The van der Waals surface area contributed by atoms with E-state index in [1.165, 1.54) is 22.9 Å². The standard InChI is InChI=1S/C27H33N5O2S/c1-19-8-9-23(22(4)16-19)32-11-10-28-27(32)35-18-25(34)31-14-12-30(13-15-31)17-24(33)29-26-20(2)6-5-7-21(26)3/h5-11,16H,12-15,17-18H2,1-4H3,(H,29,33). The number of amides is 2. The summed E-state index contributed by atoms with van der Waals surface area (Å²) >= 11 is 1.46. The molecule has 8 heteroatoms. The molecule has 0 bridgehead atoms. The number of piperazine rings is 1. The van der Waals surface area contributed by atoms with Crippen LogP contribution in [0.1, 0.15) is 22.3 Å². The van der Waals surface area contributed by atoms with Crippen molar-refractivity contribution >= 4 is 29.3 Å². The number of hydrogen-bond acceptors (Lipinski definition) is 5. The zero-order valence-electron chi connectivity index (χ0n) is 20.9. The number of carbonyl (C=O) groups excluding carboxylic acids is 2. The number of thioether (sulfide) groups is 1. The molecule has 0 aliphatic carbocycles. The largest absolute Gasteiger partial charge is 0.339 e. The molecule has 2 aromatic carbocycles. The number of hydrogen-bond donors (Lipinski definition) is 1. The molecule has 0 unspecified atom stereocenters. The molecule has 3 aromatic rings. The van der Waals surface area contributed by atoms with E-state index < -0.39 is 0 Å². The van der Waals surface area contributed by atoms with Crippen LogP contribution in [0.25, 0.3) is 5.69 Å². The van der Waals surface area contributed by atoms with Crippen molar-refractivity contribution in [1.29, 1.82) is 0 Å². The number of benzene rings is 2. The number of carbonyl (C=O) groups is 2. The molecule has 35 heavy (non-hydrogen) atoms. The molecule has 0 atom stereocenters. The molecule has 0 saturated carbocycles. The van der Waals surface area contributed by atoms with Gasteiger partial charge in [-0.05, 0) is 50.5 Å². The minimum Gasteiger partial charge on any atom is -0.339 e. The minimum absolute atomic E-state index is 0.0176. The van der Waals surface area contributed by atoms with Gasteiger partial charge in [-0.2, -0.15) is 0 Å². The number of nitrogens with zero attached hydrogens (tertiary/aromatic N) is 4. The van der Waals surface area contributed by atoms with Crippen LogP contribution in [0, 0.1) is 27.7 Å². The molecule has 1 N–H and O–H groups in total. The lowest BCUT2D eigenvalue weighted by molar-refractivity contribution is -0.130. The van der Waals surface area contributed by atoms with E-state index in [9.17, 15) is 9.59 Å². The Hall–Kier alpha value is -3.10.